The minimum atomic E-state index is -0.493. The second-order valence-electron chi connectivity index (χ2n) is 9.44. The zero-order chi connectivity index (χ0) is 22.0. The number of hydrogen-bond donors (Lipinski definition) is 2. The van der Waals surface area contributed by atoms with Gasteiger partial charge in [0.1, 0.15) is 0 Å². The van der Waals surface area contributed by atoms with Gasteiger partial charge in [0, 0.05) is 0 Å². The normalized spacial score (nSPS) is 33.3. The summed E-state index contributed by atoms with van der Waals surface area (Å²) in [5.74, 6) is -0.264. The third-order valence-corrected chi connectivity index (χ3v) is 10.9. The van der Waals surface area contributed by atoms with Gasteiger partial charge in [-0.25, -0.2) is 0 Å². The first-order valence-electron chi connectivity index (χ1n) is 11.4. The number of fused-ring (bicyclic) bond motifs is 2. The number of ether oxygens (including phenoxy) is 1. The molecule has 5 nitrogen and oxygen atoms in total. The van der Waals surface area contributed by atoms with E-state index in [4.69, 9.17) is 4.74 Å². The molecule has 3 heterocycles. The number of methoxy groups -OCH3 is 1. The van der Waals surface area contributed by atoms with Crippen LogP contribution < -0.4 is 9.78 Å². The Morgan fingerprint density at radius 1 is 1.22 bits per heavy atom. The molecule has 0 amide bonds. The fourth-order valence-corrected chi connectivity index (χ4v) is 10.3. The molecule has 32 heavy (non-hydrogen) atoms. The third-order valence-electron chi connectivity index (χ3n) is 8.02. The average molecular weight is 495 g/mol. The van der Waals surface area contributed by atoms with Crippen molar-refractivity contribution < 1.29 is 14.6 Å². The summed E-state index contributed by atoms with van der Waals surface area (Å²) in [6.07, 6.45) is 0.491. The van der Waals surface area contributed by atoms with E-state index in [0.717, 1.165) is 36.5 Å². The van der Waals surface area contributed by atoms with Crippen LogP contribution in [0.5, 0.6) is 0 Å². The number of hydrogen-bond acceptors (Lipinski definition) is 5. The first-order valence-corrected chi connectivity index (χ1v) is 13.2. The summed E-state index contributed by atoms with van der Waals surface area (Å²) in [4.78, 5) is 16.3. The van der Waals surface area contributed by atoms with E-state index in [1.165, 1.54) is 17.1 Å². The van der Waals surface area contributed by atoms with E-state index >= 15 is 0 Å². The maximum atomic E-state index is 13.4. The number of nitrogens with one attached hydrogen (secondary N) is 1. The van der Waals surface area contributed by atoms with Crippen molar-refractivity contribution in [3.05, 3.63) is 71.4 Å². The van der Waals surface area contributed by atoms with Gasteiger partial charge < -0.3 is 0 Å². The van der Waals surface area contributed by atoms with E-state index in [2.05, 4.69) is 64.8 Å². The van der Waals surface area contributed by atoms with Gasteiger partial charge in [0.05, 0.1) is 0 Å². The summed E-state index contributed by atoms with van der Waals surface area (Å²) in [5.41, 5.74) is 4.02. The van der Waals surface area contributed by atoms with E-state index in [-0.39, 0.29) is 43.0 Å². The fraction of sp³-hybridized carbons (Fsp3) is 0.423. The number of aliphatic hydroxyl groups is 1. The molecule has 0 saturated carbocycles. The third kappa shape index (κ3) is 2.67. The van der Waals surface area contributed by atoms with Crippen molar-refractivity contribution in [3.8, 4) is 0 Å². The van der Waals surface area contributed by atoms with Gasteiger partial charge in [-0.2, -0.15) is 0 Å². The van der Waals surface area contributed by atoms with Crippen LogP contribution in [0.3, 0.4) is 0 Å². The quantitative estimate of drug-likeness (QED) is 0.504. The number of nitrogens with zero attached hydrogens (tertiary/aromatic N) is 1. The van der Waals surface area contributed by atoms with E-state index in [0.29, 0.717) is 6.04 Å². The minimum absolute atomic E-state index is 0.00468. The molecule has 4 aliphatic rings. The van der Waals surface area contributed by atoms with Crippen molar-refractivity contribution in [2.45, 2.75) is 35.7 Å². The molecule has 2 fully saturated rings. The van der Waals surface area contributed by atoms with Gasteiger partial charge in [0.2, 0.25) is 0 Å². The monoisotopic (exact) mass is 496 g/mol. The zero-order valence-electron chi connectivity index (χ0n) is 18.3. The number of carbonyl (C=O) groups is 1. The van der Waals surface area contributed by atoms with Crippen LogP contribution in [0.1, 0.15) is 18.9 Å². The van der Waals surface area contributed by atoms with Gasteiger partial charge in [-0.1, -0.05) is 0 Å². The first-order chi connectivity index (χ1) is 15.6. The van der Waals surface area contributed by atoms with Crippen LogP contribution in [0.2, 0.25) is 4.82 Å². The van der Waals surface area contributed by atoms with Crippen molar-refractivity contribution in [1.82, 2.24) is 4.90 Å². The SMILES string of the molecule is COC(=O)C1=C2Nc3ccccc3[C@@]23CCN2C[C@H]([C@@H](C)O)[C@@H]1[C@H]([Se]c1ccccc1)[C@H]23. The predicted molar refractivity (Wildman–Crippen MR) is 125 cm³/mol. The summed E-state index contributed by atoms with van der Waals surface area (Å²) < 4.78 is 6.74. The van der Waals surface area contributed by atoms with Crippen LogP contribution in [0.25, 0.3) is 0 Å². The van der Waals surface area contributed by atoms with Crippen molar-refractivity contribution in [2.24, 2.45) is 11.8 Å². The van der Waals surface area contributed by atoms with Gasteiger partial charge in [0.25, 0.3) is 0 Å². The molecule has 1 spiro atoms. The van der Waals surface area contributed by atoms with Gasteiger partial charge in [-0.05, 0) is 0 Å². The number of esters is 1. The van der Waals surface area contributed by atoms with Gasteiger partial charge >= 0.3 is 195 Å². The molecular weight excluding hydrogens is 467 g/mol. The molecular formula is C26H28N2O3Se. The van der Waals surface area contributed by atoms with Crippen molar-refractivity contribution in [1.29, 1.82) is 0 Å². The molecule has 0 unspecified atom stereocenters. The summed E-state index contributed by atoms with van der Waals surface area (Å²) in [6, 6.07) is 19.5. The topological polar surface area (TPSA) is 61.8 Å². The van der Waals surface area contributed by atoms with Crippen LogP contribution in [0.15, 0.2) is 65.9 Å². The van der Waals surface area contributed by atoms with Gasteiger partial charge in [-0.3, -0.25) is 0 Å². The molecule has 2 bridgehead atoms. The number of benzene rings is 2. The molecule has 1 aliphatic carbocycles. The Balaban J connectivity index is 1.61. The van der Waals surface area contributed by atoms with Crippen molar-refractivity contribution >= 4 is 31.1 Å². The second kappa shape index (κ2) is 7.46. The number of piperidine rings is 1. The second-order valence-corrected chi connectivity index (χ2v) is 12.1. The number of carbonyl (C=O) groups excluding carboxylic acids is 1. The van der Waals surface area contributed by atoms with E-state index in [1.807, 2.05) is 6.92 Å². The van der Waals surface area contributed by atoms with Gasteiger partial charge in [0.15, 0.2) is 0 Å². The van der Waals surface area contributed by atoms with Crippen LogP contribution >= 0.6 is 0 Å². The Morgan fingerprint density at radius 3 is 2.72 bits per heavy atom. The van der Waals surface area contributed by atoms with Crippen molar-refractivity contribution in [2.75, 3.05) is 25.5 Å². The average Bonchev–Trinajstić information content (AvgIpc) is 3.36. The summed E-state index contributed by atoms with van der Waals surface area (Å²) in [7, 11) is 1.48. The summed E-state index contributed by atoms with van der Waals surface area (Å²) in [6.45, 7) is 3.69. The Labute approximate surface area is 195 Å². The van der Waals surface area contributed by atoms with Gasteiger partial charge in [-0.15, -0.1) is 0 Å². The molecule has 6 rings (SSSR count). The molecule has 6 heteroatoms. The molecule has 2 aromatic rings. The van der Waals surface area contributed by atoms with Crippen LogP contribution in [0, 0.1) is 11.8 Å². The standard InChI is InChI=1S/C26H28N2O3Se/c1-15(29)17-14-28-13-12-26-18-10-6-7-11-19(18)27-23(26)21(25(30)31-2)20(17)22(24(26)28)32-16-8-4-3-5-9-16/h3-11,15,17,20,22,24,27,29H,12-14H2,1-2H3/t15-,17-,20+,22+,24+,26+/m1/s1. The Kier molecular flexibility index (Phi) is 4.78. The van der Waals surface area contributed by atoms with E-state index in [1.54, 1.807) is 0 Å². The zero-order valence-corrected chi connectivity index (χ0v) is 20.0. The molecule has 2 saturated heterocycles. The first kappa shape index (κ1) is 20.5. The van der Waals surface area contributed by atoms with Crippen LogP contribution in [-0.4, -0.2) is 63.3 Å². The molecule has 2 N–H and O–H groups in total. The summed E-state index contributed by atoms with van der Waals surface area (Å²) >= 11 is 0.155. The van der Waals surface area contributed by atoms with Crippen LogP contribution in [0.4, 0.5) is 5.69 Å². The van der Waals surface area contributed by atoms with Crippen LogP contribution in [-0.2, 0) is 14.9 Å². The number of anilines is 1. The molecule has 0 radical (unpaired) electrons. The number of aliphatic hydroxyl groups excluding tert-OH is 1. The van der Waals surface area contributed by atoms with E-state index in [9.17, 15) is 9.90 Å². The maximum absolute atomic E-state index is 13.4. The fourth-order valence-electron chi connectivity index (χ4n) is 6.81. The summed E-state index contributed by atoms with van der Waals surface area (Å²) in [5, 5.41) is 14.5. The van der Waals surface area contributed by atoms with Crippen molar-refractivity contribution in [3.63, 3.8) is 0 Å². The Morgan fingerprint density at radius 2 is 1.97 bits per heavy atom. The molecule has 2 aromatic carbocycles. The number of rotatable bonds is 4. The predicted octanol–water partition coefficient (Wildman–Crippen LogP) is 2.31. The molecule has 0 aromatic heterocycles. The molecule has 3 aliphatic heterocycles. The Hall–Kier alpha value is -2.11. The molecule has 166 valence electrons. The Bertz CT molecular complexity index is 1100. The number of para-hydroxylation sites is 1. The van der Waals surface area contributed by atoms with E-state index < -0.39 is 6.10 Å². The molecule has 6 atom stereocenters.